The summed E-state index contributed by atoms with van der Waals surface area (Å²) in [7, 11) is -3.99. The van der Waals surface area contributed by atoms with Crippen LogP contribution in [0.25, 0.3) is 0 Å². The highest BCUT2D eigenvalue weighted by atomic mass is 35.5. The topological polar surface area (TPSA) is 75.7 Å². The molecule has 0 aliphatic rings. The smallest absolute Gasteiger partial charge is 0.264 e. The molecular formula is C23H23ClN2O4S. The van der Waals surface area contributed by atoms with E-state index in [9.17, 15) is 13.2 Å². The van der Waals surface area contributed by atoms with Gasteiger partial charge in [0.05, 0.1) is 22.2 Å². The highest BCUT2D eigenvalue weighted by Crippen LogP contribution is 2.30. The highest BCUT2D eigenvalue weighted by molar-refractivity contribution is 7.92. The first kappa shape index (κ1) is 22.7. The number of sulfonamides is 1. The van der Waals surface area contributed by atoms with Crippen molar-refractivity contribution in [3.63, 3.8) is 0 Å². The second-order valence-corrected chi connectivity index (χ2v) is 9.01. The van der Waals surface area contributed by atoms with E-state index in [4.69, 9.17) is 16.3 Å². The van der Waals surface area contributed by atoms with Crippen molar-refractivity contribution in [3.05, 3.63) is 89.4 Å². The van der Waals surface area contributed by atoms with E-state index in [0.717, 1.165) is 15.6 Å². The average Bonchev–Trinajstić information content (AvgIpc) is 2.77. The molecule has 1 N–H and O–H groups in total. The lowest BCUT2D eigenvalue weighted by Gasteiger charge is -2.25. The zero-order valence-corrected chi connectivity index (χ0v) is 18.6. The fraction of sp³-hybridized carbons (Fsp3) is 0.174. The van der Waals surface area contributed by atoms with Gasteiger partial charge in [-0.25, -0.2) is 8.42 Å². The normalized spacial score (nSPS) is 11.0. The lowest BCUT2D eigenvalue weighted by Crippen LogP contribution is -2.42. The van der Waals surface area contributed by atoms with Gasteiger partial charge >= 0.3 is 0 Å². The first-order chi connectivity index (χ1) is 14.9. The zero-order valence-electron chi connectivity index (χ0n) is 17.0. The van der Waals surface area contributed by atoms with E-state index >= 15 is 0 Å². The number of hydrogen-bond acceptors (Lipinski definition) is 4. The third-order valence-corrected chi connectivity index (χ3v) is 6.61. The number of para-hydroxylation sites is 2. The first-order valence-electron chi connectivity index (χ1n) is 9.67. The van der Waals surface area contributed by atoms with E-state index in [2.05, 4.69) is 5.32 Å². The quantitative estimate of drug-likeness (QED) is 0.491. The molecular weight excluding hydrogens is 436 g/mol. The first-order valence-corrected chi connectivity index (χ1v) is 11.5. The molecule has 31 heavy (non-hydrogen) atoms. The van der Waals surface area contributed by atoms with Crippen LogP contribution in [-0.2, 0) is 14.8 Å². The van der Waals surface area contributed by atoms with E-state index in [1.807, 2.05) is 31.2 Å². The molecule has 162 valence electrons. The van der Waals surface area contributed by atoms with Crippen LogP contribution in [0, 0.1) is 6.92 Å². The van der Waals surface area contributed by atoms with Crippen molar-refractivity contribution in [1.82, 2.24) is 5.32 Å². The molecule has 0 spiro atoms. The Bertz CT molecular complexity index is 1140. The number of carbonyl (C=O) groups excluding carboxylic acids is 1. The van der Waals surface area contributed by atoms with Gasteiger partial charge in [-0.05, 0) is 42.8 Å². The molecule has 0 saturated carbocycles. The summed E-state index contributed by atoms with van der Waals surface area (Å²) in [6.45, 7) is 2.01. The van der Waals surface area contributed by atoms with Gasteiger partial charge in [-0.15, -0.1) is 0 Å². The van der Waals surface area contributed by atoms with Crippen LogP contribution in [0.1, 0.15) is 5.56 Å². The maximum Gasteiger partial charge on any atom is 0.264 e. The van der Waals surface area contributed by atoms with Crippen LogP contribution in [0.4, 0.5) is 5.69 Å². The largest absolute Gasteiger partial charge is 0.491 e. The van der Waals surface area contributed by atoms with Crippen molar-refractivity contribution in [2.45, 2.75) is 11.8 Å². The Hall–Kier alpha value is -3.03. The van der Waals surface area contributed by atoms with E-state index in [0.29, 0.717) is 0 Å². The molecule has 3 rings (SSSR count). The van der Waals surface area contributed by atoms with Crippen molar-refractivity contribution in [2.24, 2.45) is 0 Å². The number of hydrogen-bond donors (Lipinski definition) is 1. The summed E-state index contributed by atoms with van der Waals surface area (Å²) < 4.78 is 33.2. The van der Waals surface area contributed by atoms with Crippen LogP contribution in [0.2, 0.25) is 5.02 Å². The van der Waals surface area contributed by atoms with Crippen molar-refractivity contribution < 1.29 is 17.9 Å². The van der Waals surface area contributed by atoms with Gasteiger partial charge in [-0.2, -0.15) is 0 Å². The second kappa shape index (κ2) is 10.3. The average molecular weight is 459 g/mol. The highest BCUT2D eigenvalue weighted by Gasteiger charge is 2.28. The number of anilines is 1. The summed E-state index contributed by atoms with van der Waals surface area (Å²) in [5.41, 5.74) is 1.23. The lowest BCUT2D eigenvalue weighted by molar-refractivity contribution is -0.119. The van der Waals surface area contributed by atoms with Crippen molar-refractivity contribution in [1.29, 1.82) is 0 Å². The van der Waals surface area contributed by atoms with E-state index in [1.165, 1.54) is 12.1 Å². The van der Waals surface area contributed by atoms with Gasteiger partial charge in [0, 0.05) is 0 Å². The number of carbonyl (C=O) groups is 1. The van der Waals surface area contributed by atoms with Gasteiger partial charge in [0.15, 0.2) is 0 Å². The predicted octanol–water partition coefficient (Wildman–Crippen LogP) is 4.04. The molecule has 0 aromatic heterocycles. The summed E-state index contributed by atoms with van der Waals surface area (Å²) in [4.78, 5) is 12.7. The van der Waals surface area contributed by atoms with Crippen molar-refractivity contribution >= 4 is 33.2 Å². The van der Waals surface area contributed by atoms with Gasteiger partial charge in [0.2, 0.25) is 5.91 Å². The Morgan fingerprint density at radius 2 is 1.61 bits per heavy atom. The Morgan fingerprint density at radius 1 is 0.968 bits per heavy atom. The fourth-order valence-electron chi connectivity index (χ4n) is 2.93. The van der Waals surface area contributed by atoms with Crippen LogP contribution in [-0.4, -0.2) is 34.0 Å². The van der Waals surface area contributed by atoms with Crippen LogP contribution < -0.4 is 14.4 Å². The van der Waals surface area contributed by atoms with Gasteiger partial charge in [0.25, 0.3) is 10.0 Å². The standard InChI is InChI=1S/C23H23ClN2O4S/c1-18-9-5-8-14-22(18)30-16-15-25-23(27)17-26(21-13-7-6-12-20(21)24)31(28,29)19-10-3-2-4-11-19/h2-14H,15-17H2,1H3,(H,25,27). The number of aryl methyl sites for hydroxylation is 1. The molecule has 6 nitrogen and oxygen atoms in total. The molecule has 0 aliphatic carbocycles. The Labute approximate surface area is 187 Å². The summed E-state index contributed by atoms with van der Waals surface area (Å²) >= 11 is 6.25. The zero-order chi connectivity index (χ0) is 22.3. The summed E-state index contributed by atoms with van der Waals surface area (Å²) in [6.07, 6.45) is 0. The maximum atomic E-state index is 13.2. The van der Waals surface area contributed by atoms with Crippen molar-refractivity contribution in [2.75, 3.05) is 24.0 Å². The van der Waals surface area contributed by atoms with Crippen molar-refractivity contribution in [3.8, 4) is 5.75 Å². The van der Waals surface area contributed by atoms with Crippen LogP contribution >= 0.6 is 11.6 Å². The fourth-order valence-corrected chi connectivity index (χ4v) is 4.68. The predicted molar refractivity (Wildman–Crippen MR) is 122 cm³/mol. The third kappa shape index (κ3) is 5.77. The second-order valence-electron chi connectivity index (χ2n) is 6.74. The molecule has 1 amide bonds. The van der Waals surface area contributed by atoms with Gasteiger partial charge in [-0.1, -0.05) is 60.1 Å². The Kier molecular flexibility index (Phi) is 7.55. The lowest BCUT2D eigenvalue weighted by atomic mass is 10.2. The monoisotopic (exact) mass is 458 g/mol. The molecule has 3 aromatic carbocycles. The number of amides is 1. The number of halogens is 1. The molecule has 3 aromatic rings. The molecule has 0 aliphatic heterocycles. The van der Waals surface area contributed by atoms with E-state index < -0.39 is 22.5 Å². The molecule has 0 unspecified atom stereocenters. The summed E-state index contributed by atoms with van der Waals surface area (Å²) in [6, 6.07) is 22.0. The summed E-state index contributed by atoms with van der Waals surface area (Å²) in [5.74, 6) is 0.272. The van der Waals surface area contributed by atoms with Gasteiger partial charge in [-0.3, -0.25) is 9.10 Å². The van der Waals surface area contributed by atoms with Crippen LogP contribution in [0.15, 0.2) is 83.8 Å². The van der Waals surface area contributed by atoms with E-state index in [1.54, 1.807) is 42.5 Å². The molecule has 0 bridgehead atoms. The molecule has 8 heteroatoms. The van der Waals surface area contributed by atoms with Gasteiger partial charge < -0.3 is 10.1 Å². The van der Waals surface area contributed by atoms with E-state index in [-0.39, 0.29) is 28.8 Å². The maximum absolute atomic E-state index is 13.2. The minimum Gasteiger partial charge on any atom is -0.491 e. The number of nitrogens with zero attached hydrogens (tertiary/aromatic N) is 1. The Balaban J connectivity index is 1.71. The number of rotatable bonds is 9. The molecule has 0 atom stereocenters. The van der Waals surface area contributed by atoms with Crippen LogP contribution in [0.3, 0.4) is 0 Å². The molecule has 0 fully saturated rings. The minimum absolute atomic E-state index is 0.0746. The number of nitrogens with one attached hydrogen (secondary N) is 1. The van der Waals surface area contributed by atoms with Crippen LogP contribution in [0.5, 0.6) is 5.75 Å². The number of ether oxygens (including phenoxy) is 1. The van der Waals surface area contributed by atoms with Gasteiger partial charge in [0.1, 0.15) is 18.9 Å². The third-order valence-electron chi connectivity index (χ3n) is 4.51. The Morgan fingerprint density at radius 3 is 2.32 bits per heavy atom. The minimum atomic E-state index is -3.99. The SMILES string of the molecule is Cc1ccccc1OCCNC(=O)CN(c1ccccc1Cl)S(=O)(=O)c1ccccc1. The molecule has 0 saturated heterocycles. The number of benzene rings is 3. The molecule has 0 radical (unpaired) electrons. The molecule has 0 heterocycles. The summed E-state index contributed by atoms with van der Waals surface area (Å²) in [5, 5.41) is 2.94.